The van der Waals surface area contributed by atoms with Crippen LogP contribution >= 0.6 is 0 Å². The molecule has 0 bridgehead atoms. The summed E-state index contributed by atoms with van der Waals surface area (Å²) in [5.74, 6) is 0.716. The van der Waals surface area contributed by atoms with Crippen molar-refractivity contribution in [2.45, 2.75) is 56.6 Å². The topological polar surface area (TPSA) is 75.6 Å². The van der Waals surface area contributed by atoms with Crippen LogP contribution in [0.2, 0.25) is 0 Å². The molecular formula is C15H23NO4S. The van der Waals surface area contributed by atoms with Crippen LogP contribution in [0, 0.1) is 6.92 Å². The molecule has 1 aromatic rings. The SMILES string of the molecule is Cc1cc(OC2CCCC2)ccc1S(=O)(=O)N[C@@H](C)CO. The van der Waals surface area contributed by atoms with Gasteiger partial charge in [-0.1, -0.05) is 0 Å². The van der Waals surface area contributed by atoms with Crippen LogP contribution in [0.5, 0.6) is 5.75 Å². The second-order valence-electron chi connectivity index (χ2n) is 5.66. The molecule has 5 nitrogen and oxygen atoms in total. The first-order chi connectivity index (χ1) is 9.92. The third kappa shape index (κ3) is 4.18. The Morgan fingerprint density at radius 2 is 2.05 bits per heavy atom. The zero-order chi connectivity index (χ0) is 15.5. The maximum Gasteiger partial charge on any atom is 0.241 e. The van der Waals surface area contributed by atoms with Crippen LogP contribution < -0.4 is 9.46 Å². The Bertz CT molecular complexity index is 579. The first-order valence-corrected chi connectivity index (χ1v) is 8.81. The lowest BCUT2D eigenvalue weighted by Crippen LogP contribution is -2.35. The maximum absolute atomic E-state index is 12.2. The molecule has 1 aliphatic carbocycles. The highest BCUT2D eigenvalue weighted by Gasteiger charge is 2.21. The lowest BCUT2D eigenvalue weighted by molar-refractivity contribution is 0.210. The van der Waals surface area contributed by atoms with E-state index in [9.17, 15) is 8.42 Å². The van der Waals surface area contributed by atoms with Crippen molar-refractivity contribution < 1.29 is 18.3 Å². The highest BCUT2D eigenvalue weighted by atomic mass is 32.2. The van der Waals surface area contributed by atoms with E-state index in [4.69, 9.17) is 9.84 Å². The summed E-state index contributed by atoms with van der Waals surface area (Å²) in [6, 6.07) is 4.51. The normalized spacial score (nSPS) is 17.9. The van der Waals surface area contributed by atoms with Gasteiger partial charge < -0.3 is 9.84 Å². The second kappa shape index (κ2) is 6.77. The molecule has 0 unspecified atom stereocenters. The molecule has 21 heavy (non-hydrogen) atoms. The van der Waals surface area contributed by atoms with Gasteiger partial charge in [0, 0.05) is 6.04 Å². The third-order valence-electron chi connectivity index (χ3n) is 3.67. The number of sulfonamides is 1. The zero-order valence-electron chi connectivity index (χ0n) is 12.5. The molecule has 1 aromatic carbocycles. The molecule has 0 aliphatic heterocycles. The van der Waals surface area contributed by atoms with Crippen molar-refractivity contribution in [3.8, 4) is 5.75 Å². The Balaban J connectivity index is 2.14. The Morgan fingerprint density at radius 3 is 2.62 bits per heavy atom. The van der Waals surface area contributed by atoms with Gasteiger partial charge in [0.25, 0.3) is 0 Å². The van der Waals surface area contributed by atoms with E-state index in [0.717, 1.165) is 12.8 Å². The molecule has 1 fully saturated rings. The Hall–Kier alpha value is -1.11. The number of hydrogen-bond acceptors (Lipinski definition) is 4. The number of nitrogens with one attached hydrogen (secondary N) is 1. The quantitative estimate of drug-likeness (QED) is 0.842. The standard InChI is InChI=1S/C15H23NO4S/c1-11-9-14(20-13-5-3-4-6-13)7-8-15(11)21(18,19)16-12(2)10-17/h7-9,12-13,16-17H,3-6,10H2,1-2H3/t12-/m0/s1. The summed E-state index contributed by atoms with van der Waals surface area (Å²) in [4.78, 5) is 0.224. The fourth-order valence-electron chi connectivity index (χ4n) is 2.56. The van der Waals surface area contributed by atoms with Gasteiger partial charge in [0.15, 0.2) is 0 Å². The zero-order valence-corrected chi connectivity index (χ0v) is 13.3. The van der Waals surface area contributed by atoms with Gasteiger partial charge in [-0.05, 0) is 63.3 Å². The van der Waals surface area contributed by atoms with E-state index in [1.54, 1.807) is 32.0 Å². The molecule has 0 heterocycles. The van der Waals surface area contributed by atoms with E-state index >= 15 is 0 Å². The summed E-state index contributed by atoms with van der Waals surface area (Å²) >= 11 is 0. The summed E-state index contributed by atoms with van der Waals surface area (Å²) in [7, 11) is -3.61. The molecule has 2 rings (SSSR count). The Morgan fingerprint density at radius 1 is 1.38 bits per heavy atom. The molecule has 0 aromatic heterocycles. The number of aliphatic hydroxyl groups excluding tert-OH is 1. The summed E-state index contributed by atoms with van der Waals surface area (Å²) in [5.41, 5.74) is 0.642. The largest absolute Gasteiger partial charge is 0.490 e. The summed E-state index contributed by atoms with van der Waals surface area (Å²) in [6.07, 6.45) is 4.76. The average Bonchev–Trinajstić information content (AvgIpc) is 2.90. The van der Waals surface area contributed by atoms with Crippen LogP contribution in [0.3, 0.4) is 0 Å². The molecule has 6 heteroatoms. The van der Waals surface area contributed by atoms with Crippen molar-refractivity contribution in [3.05, 3.63) is 23.8 Å². The molecule has 1 saturated carbocycles. The first-order valence-electron chi connectivity index (χ1n) is 7.33. The fourth-order valence-corrected chi connectivity index (χ4v) is 4.02. The smallest absolute Gasteiger partial charge is 0.241 e. The number of rotatable bonds is 6. The third-order valence-corrected chi connectivity index (χ3v) is 5.42. The van der Waals surface area contributed by atoms with E-state index in [2.05, 4.69) is 4.72 Å². The molecule has 0 radical (unpaired) electrons. The van der Waals surface area contributed by atoms with Gasteiger partial charge in [-0.2, -0.15) is 0 Å². The lowest BCUT2D eigenvalue weighted by atomic mass is 10.2. The Labute approximate surface area is 126 Å². The van der Waals surface area contributed by atoms with Crippen LogP contribution in [-0.2, 0) is 10.0 Å². The fraction of sp³-hybridized carbons (Fsp3) is 0.600. The van der Waals surface area contributed by atoms with Crippen LogP contribution in [-0.4, -0.2) is 32.3 Å². The minimum Gasteiger partial charge on any atom is -0.490 e. The van der Waals surface area contributed by atoms with Crippen LogP contribution in [0.1, 0.15) is 38.2 Å². The molecular weight excluding hydrogens is 290 g/mol. The highest BCUT2D eigenvalue weighted by molar-refractivity contribution is 7.89. The number of hydrogen-bond donors (Lipinski definition) is 2. The number of ether oxygens (including phenoxy) is 1. The van der Waals surface area contributed by atoms with E-state index in [1.165, 1.54) is 12.8 Å². The van der Waals surface area contributed by atoms with E-state index in [1.807, 2.05) is 0 Å². The van der Waals surface area contributed by atoms with Crippen LogP contribution in [0.4, 0.5) is 0 Å². The van der Waals surface area contributed by atoms with Crippen LogP contribution in [0.25, 0.3) is 0 Å². The number of aryl methyl sites for hydroxylation is 1. The summed E-state index contributed by atoms with van der Waals surface area (Å²) < 4.78 is 32.7. The van der Waals surface area contributed by atoms with Gasteiger partial charge in [0.05, 0.1) is 17.6 Å². The van der Waals surface area contributed by atoms with Crippen molar-refractivity contribution in [1.29, 1.82) is 0 Å². The molecule has 0 saturated heterocycles. The molecule has 1 aliphatic rings. The minimum atomic E-state index is -3.61. The average molecular weight is 313 g/mol. The van der Waals surface area contributed by atoms with E-state index in [0.29, 0.717) is 11.3 Å². The van der Waals surface area contributed by atoms with Crippen molar-refractivity contribution in [1.82, 2.24) is 4.72 Å². The maximum atomic E-state index is 12.2. The number of benzene rings is 1. The van der Waals surface area contributed by atoms with Crippen LogP contribution in [0.15, 0.2) is 23.1 Å². The van der Waals surface area contributed by atoms with Crippen molar-refractivity contribution in [2.75, 3.05) is 6.61 Å². The van der Waals surface area contributed by atoms with E-state index in [-0.39, 0.29) is 17.6 Å². The lowest BCUT2D eigenvalue weighted by Gasteiger charge is -2.16. The highest BCUT2D eigenvalue weighted by Crippen LogP contribution is 2.26. The van der Waals surface area contributed by atoms with Crippen molar-refractivity contribution in [3.63, 3.8) is 0 Å². The monoisotopic (exact) mass is 313 g/mol. The van der Waals surface area contributed by atoms with Gasteiger partial charge in [-0.15, -0.1) is 0 Å². The van der Waals surface area contributed by atoms with Gasteiger partial charge in [0.1, 0.15) is 5.75 Å². The number of aliphatic hydroxyl groups is 1. The summed E-state index contributed by atoms with van der Waals surface area (Å²) in [6.45, 7) is 3.13. The second-order valence-corrected chi connectivity index (χ2v) is 7.34. The van der Waals surface area contributed by atoms with Crippen molar-refractivity contribution >= 4 is 10.0 Å². The molecule has 0 spiro atoms. The molecule has 2 N–H and O–H groups in total. The van der Waals surface area contributed by atoms with Gasteiger partial charge in [0.2, 0.25) is 10.0 Å². The van der Waals surface area contributed by atoms with Gasteiger partial charge in [-0.3, -0.25) is 0 Å². The predicted octanol–water partition coefficient (Wildman–Crippen LogP) is 1.98. The molecule has 118 valence electrons. The Kier molecular flexibility index (Phi) is 5.24. The molecule has 0 amide bonds. The van der Waals surface area contributed by atoms with E-state index < -0.39 is 16.1 Å². The summed E-state index contributed by atoms with van der Waals surface area (Å²) in [5, 5.41) is 8.97. The predicted molar refractivity (Wildman–Crippen MR) is 80.9 cm³/mol. The van der Waals surface area contributed by atoms with Gasteiger partial charge >= 0.3 is 0 Å². The van der Waals surface area contributed by atoms with Gasteiger partial charge in [-0.25, -0.2) is 13.1 Å². The molecule has 1 atom stereocenters. The minimum absolute atomic E-state index is 0.224. The first kappa shape index (κ1) is 16.3. The van der Waals surface area contributed by atoms with Crippen molar-refractivity contribution in [2.24, 2.45) is 0 Å².